The molecule has 114 valence electrons. The molecule has 2 aliphatic rings. The maximum Gasteiger partial charge on any atom is 0.253 e. The molecular weight excluding hydrogens is 266 g/mol. The molecule has 21 heavy (non-hydrogen) atoms. The first kappa shape index (κ1) is 14.5. The fourth-order valence-electron chi connectivity index (χ4n) is 3.56. The summed E-state index contributed by atoms with van der Waals surface area (Å²) in [4.78, 5) is 18.8. The predicted molar refractivity (Wildman–Crippen MR) is 80.1 cm³/mol. The number of aliphatic hydroxyl groups excluding tert-OH is 1. The highest BCUT2D eigenvalue weighted by Gasteiger charge is 2.39. The number of hydrogen-bond donors (Lipinski definition) is 2. The molecule has 0 bridgehead atoms. The van der Waals surface area contributed by atoms with Gasteiger partial charge in [-0.2, -0.15) is 0 Å². The summed E-state index contributed by atoms with van der Waals surface area (Å²) in [5.41, 5.74) is 1.31. The average Bonchev–Trinajstić information content (AvgIpc) is 3.10. The molecular formula is C16H23N3O2. The Morgan fingerprint density at radius 2 is 2.14 bits per heavy atom. The van der Waals surface area contributed by atoms with E-state index >= 15 is 0 Å². The Kier molecular flexibility index (Phi) is 4.22. The number of rotatable bonds is 3. The highest BCUT2D eigenvalue weighted by atomic mass is 16.3. The van der Waals surface area contributed by atoms with Gasteiger partial charge in [-0.15, -0.1) is 0 Å². The summed E-state index contributed by atoms with van der Waals surface area (Å²) in [5, 5.41) is 13.5. The first-order valence-electron chi connectivity index (χ1n) is 7.81. The zero-order valence-electron chi connectivity index (χ0n) is 12.5. The second-order valence-corrected chi connectivity index (χ2v) is 6.09. The molecule has 1 aromatic rings. The first-order valence-corrected chi connectivity index (χ1v) is 7.81. The Labute approximate surface area is 125 Å². The van der Waals surface area contributed by atoms with Gasteiger partial charge < -0.3 is 10.4 Å². The van der Waals surface area contributed by atoms with Crippen LogP contribution >= 0.6 is 0 Å². The van der Waals surface area contributed by atoms with E-state index in [2.05, 4.69) is 15.2 Å². The molecule has 1 aliphatic carbocycles. The minimum absolute atomic E-state index is 0.133. The summed E-state index contributed by atoms with van der Waals surface area (Å²) in [6.45, 7) is 3.97. The Morgan fingerprint density at radius 1 is 1.38 bits per heavy atom. The third kappa shape index (κ3) is 2.94. The van der Waals surface area contributed by atoms with Gasteiger partial charge in [-0.05, 0) is 57.8 Å². The van der Waals surface area contributed by atoms with Crippen LogP contribution in [0, 0.1) is 6.92 Å². The molecule has 0 spiro atoms. The Bertz CT molecular complexity index is 514. The SMILES string of the molecule is Cc1ncccc1C(=O)N[C@@H]1CC[C@@H](N2CCCC2)[C@@H]1O. The van der Waals surface area contributed by atoms with Crippen molar-refractivity contribution in [2.45, 2.75) is 50.8 Å². The molecule has 5 nitrogen and oxygen atoms in total. The minimum atomic E-state index is -0.468. The maximum atomic E-state index is 12.3. The molecule has 2 heterocycles. The summed E-state index contributed by atoms with van der Waals surface area (Å²) in [6.07, 6.45) is 5.44. The minimum Gasteiger partial charge on any atom is -0.389 e. The summed E-state index contributed by atoms with van der Waals surface area (Å²) in [5.74, 6) is -0.133. The number of pyridine rings is 1. The molecule has 1 saturated heterocycles. The number of aryl methyl sites for hydroxylation is 1. The van der Waals surface area contributed by atoms with E-state index in [1.54, 1.807) is 18.3 Å². The lowest BCUT2D eigenvalue weighted by Gasteiger charge is -2.28. The quantitative estimate of drug-likeness (QED) is 0.875. The predicted octanol–water partition coefficient (Wildman–Crippen LogP) is 1.11. The third-order valence-corrected chi connectivity index (χ3v) is 4.76. The Balaban J connectivity index is 1.63. The highest BCUT2D eigenvalue weighted by molar-refractivity contribution is 5.95. The molecule has 5 heteroatoms. The van der Waals surface area contributed by atoms with Crippen molar-refractivity contribution in [2.24, 2.45) is 0 Å². The van der Waals surface area contributed by atoms with E-state index in [1.807, 2.05) is 6.92 Å². The standard InChI is InChI=1S/C16H23N3O2/c1-11-12(5-4-8-17-11)16(21)18-13-6-7-14(15(13)20)19-9-2-3-10-19/h4-5,8,13-15,20H,2-3,6-7,9-10H2,1H3,(H,18,21)/t13-,14-,15-/m1/s1. The van der Waals surface area contributed by atoms with E-state index in [0.29, 0.717) is 5.56 Å². The smallest absolute Gasteiger partial charge is 0.253 e. The van der Waals surface area contributed by atoms with E-state index < -0.39 is 6.10 Å². The number of nitrogens with one attached hydrogen (secondary N) is 1. The molecule has 3 rings (SSSR count). The molecule has 0 unspecified atom stereocenters. The van der Waals surface area contributed by atoms with Crippen molar-refractivity contribution in [3.05, 3.63) is 29.6 Å². The number of carbonyl (C=O) groups is 1. The lowest BCUT2D eigenvalue weighted by atomic mass is 10.1. The van der Waals surface area contributed by atoms with Crippen LogP contribution < -0.4 is 5.32 Å². The molecule has 0 aromatic carbocycles. The topological polar surface area (TPSA) is 65.5 Å². The van der Waals surface area contributed by atoms with Gasteiger partial charge in [0.2, 0.25) is 0 Å². The van der Waals surface area contributed by atoms with Gasteiger partial charge in [0, 0.05) is 17.9 Å². The van der Waals surface area contributed by atoms with Gasteiger partial charge in [0.25, 0.3) is 5.91 Å². The van der Waals surface area contributed by atoms with E-state index in [0.717, 1.165) is 31.6 Å². The zero-order chi connectivity index (χ0) is 14.8. The third-order valence-electron chi connectivity index (χ3n) is 4.76. The fourth-order valence-corrected chi connectivity index (χ4v) is 3.56. The number of aliphatic hydroxyl groups is 1. The van der Waals surface area contributed by atoms with Crippen LogP contribution in [0.2, 0.25) is 0 Å². The van der Waals surface area contributed by atoms with Crippen LogP contribution in [0.4, 0.5) is 0 Å². The number of likely N-dealkylation sites (tertiary alicyclic amines) is 1. The molecule has 1 aromatic heterocycles. The molecule has 1 amide bonds. The van der Waals surface area contributed by atoms with E-state index in [-0.39, 0.29) is 18.0 Å². The normalized spacial score (nSPS) is 29.7. The van der Waals surface area contributed by atoms with Gasteiger partial charge >= 0.3 is 0 Å². The van der Waals surface area contributed by atoms with Crippen molar-refractivity contribution >= 4 is 5.91 Å². The van der Waals surface area contributed by atoms with Crippen LogP contribution in [0.1, 0.15) is 41.7 Å². The van der Waals surface area contributed by atoms with Gasteiger partial charge in [0.05, 0.1) is 17.7 Å². The summed E-state index contributed by atoms with van der Waals surface area (Å²) >= 11 is 0. The lowest BCUT2D eigenvalue weighted by molar-refractivity contribution is 0.0619. The van der Waals surface area contributed by atoms with Crippen LogP contribution in [0.25, 0.3) is 0 Å². The Morgan fingerprint density at radius 3 is 2.86 bits per heavy atom. The molecule has 1 aliphatic heterocycles. The van der Waals surface area contributed by atoms with Gasteiger partial charge in [-0.25, -0.2) is 0 Å². The van der Waals surface area contributed by atoms with E-state index in [4.69, 9.17) is 0 Å². The lowest BCUT2D eigenvalue weighted by Crippen LogP contribution is -2.47. The molecule has 3 atom stereocenters. The summed E-state index contributed by atoms with van der Waals surface area (Å²) in [6, 6.07) is 3.59. The van der Waals surface area contributed by atoms with Crippen molar-refractivity contribution in [1.29, 1.82) is 0 Å². The second kappa shape index (κ2) is 6.12. The van der Waals surface area contributed by atoms with Crippen molar-refractivity contribution < 1.29 is 9.90 Å². The summed E-state index contributed by atoms with van der Waals surface area (Å²) in [7, 11) is 0. The van der Waals surface area contributed by atoms with Crippen LogP contribution in [0.15, 0.2) is 18.3 Å². The van der Waals surface area contributed by atoms with Crippen LogP contribution in [0.3, 0.4) is 0 Å². The van der Waals surface area contributed by atoms with Gasteiger partial charge in [0.15, 0.2) is 0 Å². The Hall–Kier alpha value is -1.46. The fraction of sp³-hybridized carbons (Fsp3) is 0.625. The molecule has 2 fully saturated rings. The summed E-state index contributed by atoms with van der Waals surface area (Å²) < 4.78 is 0. The average molecular weight is 289 g/mol. The second-order valence-electron chi connectivity index (χ2n) is 6.09. The number of nitrogens with zero attached hydrogens (tertiary/aromatic N) is 2. The van der Waals surface area contributed by atoms with Gasteiger partial charge in [0.1, 0.15) is 0 Å². The van der Waals surface area contributed by atoms with Crippen molar-refractivity contribution in [2.75, 3.05) is 13.1 Å². The van der Waals surface area contributed by atoms with Crippen LogP contribution in [0.5, 0.6) is 0 Å². The number of hydrogen-bond acceptors (Lipinski definition) is 4. The van der Waals surface area contributed by atoms with Crippen LogP contribution in [-0.2, 0) is 0 Å². The van der Waals surface area contributed by atoms with Gasteiger partial charge in [-0.1, -0.05) is 0 Å². The maximum absolute atomic E-state index is 12.3. The van der Waals surface area contributed by atoms with Crippen molar-refractivity contribution in [3.63, 3.8) is 0 Å². The molecule has 1 saturated carbocycles. The number of amides is 1. The van der Waals surface area contributed by atoms with Crippen LogP contribution in [-0.4, -0.2) is 52.2 Å². The zero-order valence-corrected chi connectivity index (χ0v) is 12.5. The van der Waals surface area contributed by atoms with Crippen molar-refractivity contribution in [3.8, 4) is 0 Å². The highest BCUT2D eigenvalue weighted by Crippen LogP contribution is 2.27. The first-order chi connectivity index (χ1) is 10.2. The number of carbonyl (C=O) groups excluding carboxylic acids is 1. The molecule has 2 N–H and O–H groups in total. The van der Waals surface area contributed by atoms with Crippen molar-refractivity contribution in [1.82, 2.24) is 15.2 Å². The number of aromatic nitrogens is 1. The van der Waals surface area contributed by atoms with Gasteiger partial charge in [-0.3, -0.25) is 14.7 Å². The monoisotopic (exact) mass is 289 g/mol. The largest absolute Gasteiger partial charge is 0.389 e. The molecule has 0 radical (unpaired) electrons. The van der Waals surface area contributed by atoms with E-state index in [1.165, 1.54) is 12.8 Å². The van der Waals surface area contributed by atoms with E-state index in [9.17, 15) is 9.90 Å².